The van der Waals surface area contributed by atoms with Crippen molar-refractivity contribution in [2.45, 2.75) is 24.7 Å². The zero-order chi connectivity index (χ0) is 16.3. The van der Waals surface area contributed by atoms with Crippen molar-refractivity contribution in [1.82, 2.24) is 14.6 Å². The molecule has 0 saturated heterocycles. The molecule has 0 aliphatic carbocycles. The van der Waals surface area contributed by atoms with Gasteiger partial charge in [-0.05, 0) is 19.1 Å². The summed E-state index contributed by atoms with van der Waals surface area (Å²) in [7, 11) is 0. The number of aliphatic hydroxyl groups excluding tert-OH is 3. The van der Waals surface area contributed by atoms with Crippen LogP contribution in [0, 0.1) is 11.3 Å². The van der Waals surface area contributed by atoms with E-state index < -0.39 is 31.0 Å². The fraction of sp³-hybridized carbons (Fsp3) is 0.462. The average molecular weight is 307 g/mol. The summed E-state index contributed by atoms with van der Waals surface area (Å²) in [5.74, 6) is 0.209. The van der Waals surface area contributed by atoms with E-state index in [1.54, 1.807) is 6.07 Å². The third-order valence-corrected chi connectivity index (χ3v) is 3.37. The van der Waals surface area contributed by atoms with E-state index in [4.69, 9.17) is 10.5 Å². The highest BCUT2D eigenvalue weighted by atomic mass is 16.5. The van der Waals surface area contributed by atoms with Crippen LogP contribution in [0.2, 0.25) is 0 Å². The van der Waals surface area contributed by atoms with Crippen molar-refractivity contribution in [3.63, 3.8) is 0 Å². The first-order valence-corrected chi connectivity index (χ1v) is 6.56. The zero-order valence-corrected chi connectivity index (χ0v) is 11.9. The minimum atomic E-state index is -1.81. The molecule has 0 fully saturated rings. The van der Waals surface area contributed by atoms with Crippen LogP contribution in [0.1, 0.15) is 12.6 Å². The second-order valence-corrected chi connectivity index (χ2v) is 4.84. The molecule has 0 aliphatic rings. The van der Waals surface area contributed by atoms with Crippen molar-refractivity contribution in [3.05, 3.63) is 24.2 Å². The Kier molecular flexibility index (Phi) is 4.58. The SMILES string of the molecule is C[C@H](O)[C@@H](CO)OC(C#N)(CO)c1ccc2c(N)ncnn12. The molecular formula is C13H17N5O4. The number of fused-ring (bicyclic) bond motifs is 1. The smallest absolute Gasteiger partial charge is 0.220 e. The molecule has 1 unspecified atom stereocenters. The highest BCUT2D eigenvalue weighted by Gasteiger charge is 2.40. The van der Waals surface area contributed by atoms with Gasteiger partial charge < -0.3 is 25.8 Å². The number of rotatable bonds is 6. The molecule has 5 N–H and O–H groups in total. The first-order chi connectivity index (χ1) is 10.5. The molecule has 118 valence electrons. The van der Waals surface area contributed by atoms with Crippen molar-refractivity contribution in [2.75, 3.05) is 18.9 Å². The van der Waals surface area contributed by atoms with Gasteiger partial charge in [0.05, 0.1) is 25.0 Å². The third-order valence-electron chi connectivity index (χ3n) is 3.37. The molecule has 2 aromatic rings. The largest absolute Gasteiger partial charge is 0.394 e. The Morgan fingerprint density at radius 2 is 2.23 bits per heavy atom. The predicted molar refractivity (Wildman–Crippen MR) is 75.4 cm³/mol. The highest BCUT2D eigenvalue weighted by Crippen LogP contribution is 2.29. The van der Waals surface area contributed by atoms with Crippen LogP contribution in [0.5, 0.6) is 0 Å². The molecule has 3 atom stereocenters. The van der Waals surface area contributed by atoms with Crippen LogP contribution in [0.15, 0.2) is 18.5 Å². The van der Waals surface area contributed by atoms with Crippen LogP contribution in [-0.2, 0) is 10.3 Å². The molecule has 0 radical (unpaired) electrons. The number of nitriles is 1. The lowest BCUT2D eigenvalue weighted by atomic mass is 10.0. The van der Waals surface area contributed by atoms with E-state index in [0.29, 0.717) is 5.52 Å². The summed E-state index contributed by atoms with van der Waals surface area (Å²) >= 11 is 0. The van der Waals surface area contributed by atoms with Gasteiger partial charge in [-0.2, -0.15) is 10.4 Å². The van der Waals surface area contributed by atoms with Gasteiger partial charge in [-0.25, -0.2) is 9.50 Å². The molecule has 0 bridgehead atoms. The highest BCUT2D eigenvalue weighted by molar-refractivity contribution is 5.65. The molecule has 22 heavy (non-hydrogen) atoms. The molecule has 2 heterocycles. The number of hydrogen-bond donors (Lipinski definition) is 4. The maximum Gasteiger partial charge on any atom is 0.220 e. The molecule has 0 aromatic carbocycles. The summed E-state index contributed by atoms with van der Waals surface area (Å²) in [6, 6.07) is 5.00. The Hall–Kier alpha value is -2.25. The summed E-state index contributed by atoms with van der Waals surface area (Å²) in [5.41, 5.74) is 4.60. The van der Waals surface area contributed by atoms with Crippen molar-refractivity contribution in [2.24, 2.45) is 0 Å². The Labute approximate surface area is 126 Å². The second kappa shape index (κ2) is 6.25. The first kappa shape index (κ1) is 16.1. The third kappa shape index (κ3) is 2.60. The number of nitrogens with two attached hydrogens (primary N) is 1. The number of ether oxygens (including phenoxy) is 1. The van der Waals surface area contributed by atoms with E-state index in [9.17, 15) is 20.6 Å². The minimum Gasteiger partial charge on any atom is -0.394 e. The van der Waals surface area contributed by atoms with Crippen LogP contribution in [0.4, 0.5) is 5.82 Å². The lowest BCUT2D eigenvalue weighted by Gasteiger charge is -2.30. The second-order valence-electron chi connectivity index (χ2n) is 4.84. The Morgan fingerprint density at radius 3 is 2.77 bits per heavy atom. The van der Waals surface area contributed by atoms with Gasteiger partial charge in [0.2, 0.25) is 5.60 Å². The number of aliphatic hydroxyl groups is 3. The maximum atomic E-state index is 9.70. The zero-order valence-electron chi connectivity index (χ0n) is 11.9. The molecule has 2 rings (SSSR count). The van der Waals surface area contributed by atoms with E-state index in [-0.39, 0.29) is 11.5 Å². The van der Waals surface area contributed by atoms with Crippen molar-refractivity contribution in [3.8, 4) is 6.07 Å². The standard InChI is InChI=1S/C13H17N5O4/c1-8(21)10(4-19)22-13(5-14,6-20)11-3-2-9-12(15)16-7-17-18(9)11/h2-3,7-8,10,19-21H,4,6H2,1H3,(H2,15,16,17)/t8-,10+,13?/m0/s1. The molecule has 0 spiro atoms. The van der Waals surface area contributed by atoms with Gasteiger partial charge in [-0.3, -0.25) is 0 Å². The first-order valence-electron chi connectivity index (χ1n) is 6.56. The van der Waals surface area contributed by atoms with Crippen LogP contribution in [0.25, 0.3) is 5.52 Å². The summed E-state index contributed by atoms with van der Waals surface area (Å²) in [5, 5.41) is 42.1. The summed E-state index contributed by atoms with van der Waals surface area (Å²) in [6.45, 7) is 0.209. The number of nitrogen functional groups attached to an aromatic ring is 1. The molecule has 9 nitrogen and oxygen atoms in total. The number of hydrogen-bond acceptors (Lipinski definition) is 8. The van der Waals surface area contributed by atoms with E-state index in [0.717, 1.165) is 0 Å². The van der Waals surface area contributed by atoms with Crippen molar-refractivity contribution < 1.29 is 20.1 Å². The topological polar surface area (TPSA) is 150 Å². The molecule has 0 amide bonds. The lowest BCUT2D eigenvalue weighted by molar-refractivity contribution is -0.143. The molecule has 0 aliphatic heterocycles. The molecule has 9 heteroatoms. The Bertz CT molecular complexity index is 695. The Morgan fingerprint density at radius 1 is 1.50 bits per heavy atom. The fourth-order valence-electron chi connectivity index (χ4n) is 2.10. The van der Waals surface area contributed by atoms with E-state index in [1.807, 2.05) is 6.07 Å². The Balaban J connectivity index is 2.55. The van der Waals surface area contributed by atoms with Crippen molar-refractivity contribution >= 4 is 11.3 Å². The summed E-state index contributed by atoms with van der Waals surface area (Å²) in [6.07, 6.45) is -0.865. The summed E-state index contributed by atoms with van der Waals surface area (Å²) < 4.78 is 6.84. The average Bonchev–Trinajstić information content (AvgIpc) is 2.95. The molecular weight excluding hydrogens is 290 g/mol. The molecule has 2 aromatic heterocycles. The monoisotopic (exact) mass is 307 g/mol. The number of aromatic nitrogens is 3. The van der Waals surface area contributed by atoms with Gasteiger partial charge in [0.25, 0.3) is 0 Å². The number of nitrogens with zero attached hydrogens (tertiary/aromatic N) is 4. The predicted octanol–water partition coefficient (Wildman–Crippen LogP) is -1.22. The van der Waals surface area contributed by atoms with Gasteiger partial charge in [0.1, 0.15) is 24.0 Å². The van der Waals surface area contributed by atoms with Crippen LogP contribution in [-0.4, -0.2) is 55.3 Å². The fourth-order valence-corrected chi connectivity index (χ4v) is 2.10. The summed E-state index contributed by atoms with van der Waals surface area (Å²) in [4.78, 5) is 3.84. The normalized spacial score (nSPS) is 16.9. The van der Waals surface area contributed by atoms with Gasteiger partial charge in [0.15, 0.2) is 5.82 Å². The van der Waals surface area contributed by atoms with Crippen LogP contribution < -0.4 is 5.73 Å². The van der Waals surface area contributed by atoms with Gasteiger partial charge in [-0.1, -0.05) is 0 Å². The van der Waals surface area contributed by atoms with Crippen LogP contribution in [0.3, 0.4) is 0 Å². The van der Waals surface area contributed by atoms with Gasteiger partial charge >= 0.3 is 0 Å². The van der Waals surface area contributed by atoms with Gasteiger partial charge in [-0.15, -0.1) is 0 Å². The van der Waals surface area contributed by atoms with Crippen molar-refractivity contribution in [1.29, 1.82) is 5.26 Å². The minimum absolute atomic E-state index is 0.209. The lowest BCUT2D eigenvalue weighted by Crippen LogP contribution is -2.43. The van der Waals surface area contributed by atoms with Gasteiger partial charge in [0, 0.05) is 0 Å². The van der Waals surface area contributed by atoms with E-state index >= 15 is 0 Å². The van der Waals surface area contributed by atoms with E-state index in [2.05, 4.69) is 10.1 Å². The maximum absolute atomic E-state index is 9.70. The quantitative estimate of drug-likeness (QED) is 0.518. The molecule has 0 saturated carbocycles. The number of anilines is 1. The van der Waals surface area contributed by atoms with E-state index in [1.165, 1.54) is 23.8 Å². The van der Waals surface area contributed by atoms with Crippen LogP contribution >= 0.6 is 0 Å².